The summed E-state index contributed by atoms with van der Waals surface area (Å²) in [6.07, 6.45) is 1.43. The van der Waals surface area contributed by atoms with Gasteiger partial charge in [0.1, 0.15) is 5.69 Å². The Labute approximate surface area is 112 Å². The Bertz CT molecular complexity index is 707. The second-order valence-corrected chi connectivity index (χ2v) is 3.81. The van der Waals surface area contributed by atoms with Crippen LogP contribution >= 0.6 is 0 Å². The Morgan fingerprint density at radius 2 is 2.05 bits per heavy atom. The Kier molecular flexibility index (Phi) is 3.80. The average molecular weight is 274 g/mol. The molecule has 0 aliphatic rings. The van der Waals surface area contributed by atoms with Gasteiger partial charge in [0.2, 0.25) is 5.95 Å². The number of aromatic nitrogens is 3. The fraction of sp³-hybridized carbons (Fsp3) is 0.0909. The van der Waals surface area contributed by atoms with Crippen LogP contribution in [0.3, 0.4) is 0 Å². The number of benzene rings is 1. The van der Waals surface area contributed by atoms with Crippen LogP contribution in [-0.4, -0.2) is 26.3 Å². The number of hydrogen-bond acceptors (Lipinski definition) is 7. The maximum atomic E-state index is 11.3. The summed E-state index contributed by atoms with van der Waals surface area (Å²) in [5.74, 6) is 0.110. The van der Waals surface area contributed by atoms with Crippen molar-refractivity contribution in [2.75, 3.05) is 5.43 Å². The van der Waals surface area contributed by atoms with Gasteiger partial charge in [-0.2, -0.15) is 5.10 Å². The summed E-state index contributed by atoms with van der Waals surface area (Å²) in [6, 6.07) is 5.84. The molecule has 9 heteroatoms. The Balaban J connectivity index is 2.04. The summed E-state index contributed by atoms with van der Waals surface area (Å²) in [4.78, 5) is 23.7. The molecule has 20 heavy (non-hydrogen) atoms. The van der Waals surface area contributed by atoms with Crippen molar-refractivity contribution >= 4 is 17.9 Å². The smallest absolute Gasteiger partial charge is 0.274 e. The maximum absolute atomic E-state index is 11.3. The summed E-state index contributed by atoms with van der Waals surface area (Å²) < 4.78 is 0. The first-order valence-electron chi connectivity index (χ1n) is 5.53. The zero-order valence-corrected chi connectivity index (χ0v) is 10.4. The molecule has 0 saturated heterocycles. The van der Waals surface area contributed by atoms with Gasteiger partial charge >= 0.3 is 0 Å². The molecule has 0 saturated carbocycles. The Hall–Kier alpha value is -3.10. The molecule has 102 valence electrons. The molecule has 1 aromatic carbocycles. The highest BCUT2D eigenvalue weighted by atomic mass is 16.6. The molecule has 2 N–H and O–H groups in total. The van der Waals surface area contributed by atoms with Crippen molar-refractivity contribution in [3.63, 3.8) is 0 Å². The highest BCUT2D eigenvalue weighted by molar-refractivity contribution is 5.80. The van der Waals surface area contributed by atoms with E-state index in [2.05, 4.69) is 25.7 Å². The summed E-state index contributed by atoms with van der Waals surface area (Å²) >= 11 is 0. The largest absolute Gasteiger partial charge is 0.288 e. The first-order chi connectivity index (χ1) is 9.56. The number of anilines is 1. The fourth-order valence-corrected chi connectivity index (χ4v) is 1.29. The van der Waals surface area contributed by atoms with Gasteiger partial charge in [0, 0.05) is 12.1 Å². The SMILES string of the molecule is Cc1nnc(N/N=C\c2ccc([N+](=O)[O-])cc2)[nH]c1=O. The third-order valence-electron chi connectivity index (χ3n) is 2.35. The van der Waals surface area contributed by atoms with Crippen molar-refractivity contribution < 1.29 is 4.92 Å². The Morgan fingerprint density at radius 3 is 2.65 bits per heavy atom. The minimum Gasteiger partial charge on any atom is -0.288 e. The molecule has 1 heterocycles. The molecule has 0 amide bonds. The number of aryl methyl sites for hydroxylation is 1. The van der Waals surface area contributed by atoms with E-state index in [9.17, 15) is 14.9 Å². The second kappa shape index (κ2) is 5.69. The number of nitro benzene ring substituents is 1. The number of aromatic amines is 1. The third kappa shape index (κ3) is 3.22. The van der Waals surface area contributed by atoms with Gasteiger partial charge in [-0.3, -0.25) is 19.9 Å². The van der Waals surface area contributed by atoms with Crippen LogP contribution in [0.15, 0.2) is 34.2 Å². The van der Waals surface area contributed by atoms with Gasteiger partial charge in [0.15, 0.2) is 0 Å². The van der Waals surface area contributed by atoms with Crippen LogP contribution in [0.1, 0.15) is 11.3 Å². The zero-order chi connectivity index (χ0) is 14.5. The predicted molar refractivity (Wildman–Crippen MR) is 71.7 cm³/mol. The second-order valence-electron chi connectivity index (χ2n) is 3.81. The predicted octanol–water partition coefficient (Wildman–Crippen LogP) is 0.828. The lowest BCUT2D eigenvalue weighted by Crippen LogP contribution is -2.15. The maximum Gasteiger partial charge on any atom is 0.274 e. The van der Waals surface area contributed by atoms with E-state index in [-0.39, 0.29) is 22.9 Å². The van der Waals surface area contributed by atoms with E-state index in [1.807, 2.05) is 0 Å². The van der Waals surface area contributed by atoms with Gasteiger partial charge in [0.05, 0.1) is 11.1 Å². The number of nitro groups is 1. The molecular weight excluding hydrogens is 264 g/mol. The van der Waals surface area contributed by atoms with Crippen LogP contribution in [0.4, 0.5) is 11.6 Å². The molecule has 1 aromatic heterocycles. The molecule has 0 spiro atoms. The van der Waals surface area contributed by atoms with Gasteiger partial charge in [-0.05, 0) is 24.6 Å². The number of H-pyrrole nitrogens is 1. The molecule has 0 aliphatic heterocycles. The minimum absolute atomic E-state index is 0.00356. The van der Waals surface area contributed by atoms with Gasteiger partial charge in [-0.1, -0.05) is 0 Å². The highest BCUT2D eigenvalue weighted by Gasteiger charge is 2.02. The molecule has 0 radical (unpaired) electrons. The van der Waals surface area contributed by atoms with Crippen molar-refractivity contribution in [1.82, 2.24) is 15.2 Å². The van der Waals surface area contributed by atoms with E-state index in [4.69, 9.17) is 0 Å². The van der Waals surface area contributed by atoms with Crippen LogP contribution < -0.4 is 11.0 Å². The van der Waals surface area contributed by atoms with E-state index in [1.54, 1.807) is 12.1 Å². The van der Waals surface area contributed by atoms with Gasteiger partial charge < -0.3 is 0 Å². The summed E-state index contributed by atoms with van der Waals surface area (Å²) in [7, 11) is 0. The van der Waals surface area contributed by atoms with E-state index >= 15 is 0 Å². The lowest BCUT2D eigenvalue weighted by molar-refractivity contribution is -0.384. The van der Waals surface area contributed by atoms with E-state index < -0.39 is 4.92 Å². The van der Waals surface area contributed by atoms with Crippen molar-refractivity contribution in [3.8, 4) is 0 Å². The topological polar surface area (TPSA) is 126 Å². The highest BCUT2D eigenvalue weighted by Crippen LogP contribution is 2.10. The van der Waals surface area contributed by atoms with Crippen molar-refractivity contribution in [3.05, 3.63) is 56.0 Å². The average Bonchev–Trinajstić information content (AvgIpc) is 2.43. The molecule has 0 bridgehead atoms. The van der Waals surface area contributed by atoms with Crippen LogP contribution in [0.2, 0.25) is 0 Å². The number of rotatable bonds is 4. The first-order valence-corrected chi connectivity index (χ1v) is 5.53. The van der Waals surface area contributed by atoms with Crippen molar-refractivity contribution in [2.45, 2.75) is 6.92 Å². The normalized spacial score (nSPS) is 10.7. The number of non-ortho nitro benzene ring substituents is 1. The standard InChI is InChI=1S/C11H10N6O3/c1-7-10(18)13-11(16-14-7)15-12-6-8-2-4-9(5-3-8)17(19)20/h2-6H,1H3,(H2,13,15,16,18)/b12-6-. The molecule has 2 aromatic rings. The number of nitrogens with zero attached hydrogens (tertiary/aromatic N) is 4. The molecule has 0 aliphatic carbocycles. The lowest BCUT2D eigenvalue weighted by Gasteiger charge is -1.98. The first kappa shape index (κ1) is 13.3. The van der Waals surface area contributed by atoms with Crippen molar-refractivity contribution in [2.24, 2.45) is 5.10 Å². The molecule has 2 rings (SSSR count). The molecule has 0 unspecified atom stereocenters. The zero-order valence-electron chi connectivity index (χ0n) is 10.4. The number of nitrogens with one attached hydrogen (secondary N) is 2. The number of hydrogen-bond donors (Lipinski definition) is 2. The van der Waals surface area contributed by atoms with Crippen molar-refractivity contribution in [1.29, 1.82) is 0 Å². The van der Waals surface area contributed by atoms with Crippen LogP contribution in [0.25, 0.3) is 0 Å². The van der Waals surface area contributed by atoms with E-state index in [0.717, 1.165) is 0 Å². The number of hydrazone groups is 1. The molecule has 9 nitrogen and oxygen atoms in total. The third-order valence-corrected chi connectivity index (χ3v) is 2.35. The Morgan fingerprint density at radius 1 is 1.35 bits per heavy atom. The lowest BCUT2D eigenvalue weighted by atomic mass is 10.2. The quantitative estimate of drug-likeness (QED) is 0.483. The van der Waals surface area contributed by atoms with Gasteiger partial charge in [0.25, 0.3) is 11.2 Å². The van der Waals surface area contributed by atoms with Crippen LogP contribution in [0.5, 0.6) is 0 Å². The molecule has 0 fully saturated rings. The van der Waals surface area contributed by atoms with Gasteiger partial charge in [-0.25, -0.2) is 5.43 Å². The summed E-state index contributed by atoms with van der Waals surface area (Å²) in [6.45, 7) is 1.54. The van der Waals surface area contributed by atoms with E-state index in [1.165, 1.54) is 25.3 Å². The van der Waals surface area contributed by atoms with E-state index in [0.29, 0.717) is 5.56 Å². The molecule has 0 atom stereocenters. The van der Waals surface area contributed by atoms with Crippen LogP contribution in [-0.2, 0) is 0 Å². The van der Waals surface area contributed by atoms with Crippen LogP contribution in [0, 0.1) is 17.0 Å². The summed E-state index contributed by atoms with van der Waals surface area (Å²) in [5, 5.41) is 21.6. The van der Waals surface area contributed by atoms with Gasteiger partial charge in [-0.15, -0.1) is 10.2 Å². The monoisotopic (exact) mass is 274 g/mol. The fourth-order valence-electron chi connectivity index (χ4n) is 1.29. The summed E-state index contributed by atoms with van der Waals surface area (Å²) in [5.41, 5.74) is 3.07. The molecular formula is C11H10N6O3. The minimum atomic E-state index is -0.480.